The average Bonchev–Trinajstić information content (AvgIpc) is 2.68. The van der Waals surface area contributed by atoms with Crippen LogP contribution in [0.4, 0.5) is 0 Å². The second-order valence-electron chi connectivity index (χ2n) is 6.89. The van der Waals surface area contributed by atoms with Crippen LogP contribution in [-0.4, -0.2) is 18.3 Å². The Morgan fingerprint density at radius 2 is 1.50 bits per heavy atom. The van der Waals surface area contributed by atoms with Gasteiger partial charge in [0.25, 0.3) is 0 Å². The molecule has 1 saturated heterocycles. The number of rotatable bonds is 2. The molecular weight excluding hydrogens is 271 g/mol. The van der Waals surface area contributed by atoms with Gasteiger partial charge in [-0.3, -0.25) is 0 Å². The van der Waals surface area contributed by atoms with Crippen LogP contribution in [0.15, 0.2) is 48.5 Å². The Balaban J connectivity index is 1.98. The van der Waals surface area contributed by atoms with Crippen LogP contribution in [0.5, 0.6) is 0 Å². The van der Waals surface area contributed by atoms with Gasteiger partial charge < -0.3 is 9.31 Å². The van der Waals surface area contributed by atoms with Crippen molar-refractivity contribution in [3.63, 3.8) is 0 Å². The fourth-order valence-corrected chi connectivity index (χ4v) is 2.78. The molecule has 0 aromatic heterocycles. The lowest BCUT2D eigenvalue weighted by Gasteiger charge is -2.32. The Bertz CT molecular complexity index is 715. The number of fused-ring (bicyclic) bond motifs is 1. The zero-order valence-corrected chi connectivity index (χ0v) is 14.0. The predicted octanol–water partition coefficient (Wildman–Crippen LogP) is 4.87. The summed E-state index contributed by atoms with van der Waals surface area (Å²) in [6.45, 7) is 10.4. The van der Waals surface area contributed by atoms with Gasteiger partial charge in [-0.15, -0.1) is 0 Å². The summed E-state index contributed by atoms with van der Waals surface area (Å²) in [5, 5.41) is 2.48. The molecule has 0 atom stereocenters. The second-order valence-corrected chi connectivity index (χ2v) is 6.89. The van der Waals surface area contributed by atoms with Crippen molar-refractivity contribution in [2.75, 3.05) is 0 Å². The van der Waals surface area contributed by atoms with Gasteiger partial charge in [0.2, 0.25) is 0 Å². The van der Waals surface area contributed by atoms with Crippen LogP contribution >= 0.6 is 0 Å². The van der Waals surface area contributed by atoms with Crippen molar-refractivity contribution in [3.05, 3.63) is 54.1 Å². The van der Waals surface area contributed by atoms with Crippen molar-refractivity contribution in [2.24, 2.45) is 0 Å². The summed E-state index contributed by atoms with van der Waals surface area (Å²) in [7, 11) is -0.323. The normalized spacial score (nSPS) is 20.6. The first-order chi connectivity index (χ1) is 10.3. The molecule has 0 saturated carbocycles. The van der Waals surface area contributed by atoms with Crippen molar-refractivity contribution < 1.29 is 9.31 Å². The van der Waals surface area contributed by atoms with Gasteiger partial charge in [-0.25, -0.2) is 0 Å². The molecule has 1 aliphatic heterocycles. The van der Waals surface area contributed by atoms with E-state index in [0.29, 0.717) is 0 Å². The zero-order chi connectivity index (χ0) is 16.0. The molecular formula is C19H23BO2. The molecule has 2 nitrogen and oxygen atoms in total. The lowest BCUT2D eigenvalue weighted by atomic mass is 9.73. The number of allylic oxidation sites excluding steroid dienone is 1. The van der Waals surface area contributed by atoms with Gasteiger partial charge in [-0.1, -0.05) is 42.5 Å². The van der Waals surface area contributed by atoms with E-state index in [2.05, 4.69) is 76.2 Å². The molecule has 2 aromatic carbocycles. The second kappa shape index (κ2) is 5.25. The molecule has 3 rings (SSSR count). The van der Waals surface area contributed by atoms with Crippen molar-refractivity contribution >= 4 is 23.4 Å². The predicted molar refractivity (Wildman–Crippen MR) is 93.7 cm³/mol. The van der Waals surface area contributed by atoms with Gasteiger partial charge in [-0.05, 0) is 62.5 Å². The van der Waals surface area contributed by atoms with Crippen molar-refractivity contribution in [3.8, 4) is 0 Å². The van der Waals surface area contributed by atoms with Gasteiger partial charge >= 0.3 is 7.12 Å². The molecule has 0 N–H and O–H groups in total. The average molecular weight is 294 g/mol. The maximum atomic E-state index is 6.19. The summed E-state index contributed by atoms with van der Waals surface area (Å²) < 4.78 is 12.4. The maximum absolute atomic E-state index is 6.19. The molecule has 0 spiro atoms. The molecule has 114 valence electrons. The molecule has 1 heterocycles. The van der Waals surface area contributed by atoms with E-state index in [4.69, 9.17) is 9.31 Å². The van der Waals surface area contributed by atoms with E-state index >= 15 is 0 Å². The molecule has 2 aromatic rings. The van der Waals surface area contributed by atoms with E-state index in [1.165, 1.54) is 10.8 Å². The monoisotopic (exact) mass is 294 g/mol. The Morgan fingerprint density at radius 3 is 2.09 bits per heavy atom. The first-order valence-electron chi connectivity index (χ1n) is 7.85. The van der Waals surface area contributed by atoms with E-state index in [0.717, 1.165) is 11.0 Å². The summed E-state index contributed by atoms with van der Waals surface area (Å²) in [6.07, 6.45) is 2.09. The van der Waals surface area contributed by atoms with E-state index in [9.17, 15) is 0 Å². The minimum absolute atomic E-state index is 0.317. The van der Waals surface area contributed by atoms with E-state index in [-0.39, 0.29) is 18.3 Å². The van der Waals surface area contributed by atoms with Gasteiger partial charge in [0.1, 0.15) is 0 Å². The van der Waals surface area contributed by atoms with Crippen LogP contribution in [0.25, 0.3) is 16.2 Å². The Hall–Kier alpha value is -1.58. The third-order valence-electron chi connectivity index (χ3n) is 4.90. The third kappa shape index (κ3) is 2.49. The maximum Gasteiger partial charge on any atom is 0.495 e. The van der Waals surface area contributed by atoms with Gasteiger partial charge in [0, 0.05) is 0 Å². The molecule has 0 radical (unpaired) electrons. The fraction of sp³-hybridized carbons (Fsp3) is 0.368. The Morgan fingerprint density at radius 1 is 0.909 bits per heavy atom. The van der Waals surface area contributed by atoms with Crippen LogP contribution in [0.1, 0.15) is 40.2 Å². The number of benzene rings is 2. The van der Waals surface area contributed by atoms with E-state index < -0.39 is 0 Å². The molecule has 0 bridgehead atoms. The van der Waals surface area contributed by atoms with Crippen molar-refractivity contribution in [2.45, 2.75) is 45.8 Å². The Labute approximate surface area is 133 Å². The summed E-state index contributed by atoms with van der Waals surface area (Å²) in [5.74, 6) is 0. The summed E-state index contributed by atoms with van der Waals surface area (Å²) in [5.41, 5.74) is 1.61. The lowest BCUT2D eigenvalue weighted by molar-refractivity contribution is 0.00578. The highest BCUT2D eigenvalue weighted by molar-refractivity contribution is 6.69. The highest BCUT2D eigenvalue weighted by atomic mass is 16.7. The highest BCUT2D eigenvalue weighted by Crippen LogP contribution is 2.40. The summed E-state index contributed by atoms with van der Waals surface area (Å²) in [4.78, 5) is 0. The topological polar surface area (TPSA) is 18.5 Å². The Kier molecular flexibility index (Phi) is 3.66. The summed E-state index contributed by atoms with van der Waals surface area (Å²) in [6, 6.07) is 14.9. The molecule has 22 heavy (non-hydrogen) atoms. The zero-order valence-electron chi connectivity index (χ0n) is 14.0. The third-order valence-corrected chi connectivity index (χ3v) is 4.90. The van der Waals surface area contributed by atoms with Crippen molar-refractivity contribution in [1.29, 1.82) is 0 Å². The van der Waals surface area contributed by atoms with Crippen LogP contribution < -0.4 is 0 Å². The minimum Gasteiger partial charge on any atom is -0.399 e. The van der Waals surface area contributed by atoms with E-state index in [1.54, 1.807) is 0 Å². The quantitative estimate of drug-likeness (QED) is 0.735. The van der Waals surface area contributed by atoms with Gasteiger partial charge in [0.15, 0.2) is 0 Å². The van der Waals surface area contributed by atoms with Crippen molar-refractivity contribution in [1.82, 2.24) is 0 Å². The molecule has 1 aliphatic rings. The van der Waals surface area contributed by atoms with E-state index in [1.807, 2.05) is 6.92 Å². The smallest absolute Gasteiger partial charge is 0.399 e. The van der Waals surface area contributed by atoms with Crippen LogP contribution in [0, 0.1) is 0 Å². The number of hydrogen-bond acceptors (Lipinski definition) is 2. The SMILES string of the molecule is C/C=C(/B1OC(C)(C)C(C)(C)O1)c1ccc2ccccc2c1. The lowest BCUT2D eigenvalue weighted by Crippen LogP contribution is -2.41. The van der Waals surface area contributed by atoms with Gasteiger partial charge in [0.05, 0.1) is 11.2 Å². The first-order valence-corrected chi connectivity index (χ1v) is 7.85. The molecule has 0 unspecified atom stereocenters. The van der Waals surface area contributed by atoms with Gasteiger partial charge in [-0.2, -0.15) is 0 Å². The van der Waals surface area contributed by atoms with Crippen LogP contribution in [-0.2, 0) is 9.31 Å². The molecule has 3 heteroatoms. The summed E-state index contributed by atoms with van der Waals surface area (Å²) >= 11 is 0. The largest absolute Gasteiger partial charge is 0.495 e. The molecule has 0 aliphatic carbocycles. The van der Waals surface area contributed by atoms with Crippen LogP contribution in [0.2, 0.25) is 0 Å². The molecule has 0 amide bonds. The number of hydrogen-bond donors (Lipinski definition) is 0. The first kappa shape index (κ1) is 15.3. The fourth-order valence-electron chi connectivity index (χ4n) is 2.78. The minimum atomic E-state index is -0.323. The van der Waals surface area contributed by atoms with Crippen LogP contribution in [0.3, 0.4) is 0 Å². The standard InChI is InChI=1S/C19H23BO2/c1-6-17(20-21-18(2,3)19(4,5)22-20)16-12-11-14-9-7-8-10-15(14)13-16/h6-13H,1-5H3/b17-6+. The highest BCUT2D eigenvalue weighted by Gasteiger charge is 2.52. The molecule has 1 fully saturated rings.